The number of nitrogen functional groups attached to an aromatic ring is 1. The van der Waals surface area contributed by atoms with E-state index in [1.807, 2.05) is 0 Å². The fourth-order valence-corrected chi connectivity index (χ4v) is 3.61. The van der Waals surface area contributed by atoms with E-state index in [1.165, 1.54) is 19.4 Å². The van der Waals surface area contributed by atoms with Crippen LogP contribution in [0.15, 0.2) is 10.5 Å². The third kappa shape index (κ3) is 4.98. The monoisotopic (exact) mass is 445 g/mol. The number of nitrogens with two attached hydrogens (primary N) is 1. The molecule has 1 aliphatic heterocycles. The number of anilines is 1. The van der Waals surface area contributed by atoms with Gasteiger partial charge in [0, 0.05) is 5.38 Å². The van der Waals surface area contributed by atoms with Crippen LogP contribution >= 0.6 is 11.3 Å². The molecule has 2 rings (SSSR count). The number of carbonyl (C=O) groups excluding carboxylic acids is 3. The molecule has 13 nitrogen and oxygen atoms in total. The van der Waals surface area contributed by atoms with Gasteiger partial charge < -0.3 is 20.6 Å². The Bertz CT molecular complexity index is 902. The molecule has 1 fully saturated rings. The van der Waals surface area contributed by atoms with E-state index in [0.717, 1.165) is 11.3 Å². The van der Waals surface area contributed by atoms with Gasteiger partial charge in [-0.1, -0.05) is 5.16 Å². The van der Waals surface area contributed by atoms with Gasteiger partial charge in [-0.2, -0.15) is 12.7 Å². The predicted molar refractivity (Wildman–Crippen MR) is 98.0 cm³/mol. The van der Waals surface area contributed by atoms with Crippen molar-refractivity contribution in [2.75, 3.05) is 19.5 Å². The molecule has 0 aliphatic carbocycles. The van der Waals surface area contributed by atoms with Crippen LogP contribution in [-0.2, 0) is 34.3 Å². The standard InChI is InChI=1S/C12H15N5O8S2.Na.H/c1-3-25-11(20)8-7(10(19)17(8)27(21,22)23)15-9(18)6(16-24-2)5-4-26-12(13)14-5;;/h4,7-8H,3H2,1-2H3,(H2,13,14)(H,15,18)(H,21,22,23);;/b16-6-;;. The second kappa shape index (κ2) is 9.62. The molecule has 0 saturated carbocycles. The summed E-state index contributed by atoms with van der Waals surface area (Å²) < 4.78 is 36.3. The van der Waals surface area contributed by atoms with E-state index in [0.29, 0.717) is 0 Å². The molecule has 150 valence electrons. The third-order valence-corrected chi connectivity index (χ3v) is 4.86. The second-order valence-electron chi connectivity index (χ2n) is 4.95. The first-order valence-electron chi connectivity index (χ1n) is 7.22. The molecule has 2 amide bonds. The van der Waals surface area contributed by atoms with Gasteiger partial charge in [-0.3, -0.25) is 14.1 Å². The first kappa shape index (κ1) is 24.3. The zero-order chi connectivity index (χ0) is 20.4. The average Bonchev–Trinajstić information content (AvgIpc) is 2.99. The van der Waals surface area contributed by atoms with Crippen molar-refractivity contribution >= 4 is 79.8 Å². The number of carbonyl (C=O) groups is 3. The van der Waals surface area contributed by atoms with E-state index in [1.54, 1.807) is 0 Å². The molecule has 2 heterocycles. The van der Waals surface area contributed by atoms with Crippen LogP contribution in [-0.4, -0.2) is 101 Å². The number of oxime groups is 1. The summed E-state index contributed by atoms with van der Waals surface area (Å²) in [5.41, 5.74) is 5.19. The Balaban J connectivity index is 0.00000392. The molecular weight excluding hydrogens is 429 g/mol. The van der Waals surface area contributed by atoms with Gasteiger partial charge in [0.1, 0.15) is 18.8 Å². The molecule has 0 radical (unpaired) electrons. The third-order valence-electron chi connectivity index (χ3n) is 3.28. The molecule has 1 saturated heterocycles. The number of ether oxygens (including phenoxy) is 1. The van der Waals surface area contributed by atoms with Gasteiger partial charge in [0.05, 0.1) is 6.61 Å². The van der Waals surface area contributed by atoms with Crippen LogP contribution < -0.4 is 11.1 Å². The maximum absolute atomic E-state index is 12.4. The number of esters is 1. The SMILES string of the molecule is CCOC(=O)C1C(NC(=O)/C(=N\OC)c2csc(N)n2)C(=O)N1S(=O)(=O)O.[NaH]. The summed E-state index contributed by atoms with van der Waals surface area (Å²) in [5, 5.41) is 7.21. The summed E-state index contributed by atoms with van der Waals surface area (Å²) in [4.78, 5) is 44.9. The van der Waals surface area contributed by atoms with Crippen LogP contribution in [0.2, 0.25) is 0 Å². The maximum atomic E-state index is 12.4. The summed E-state index contributed by atoms with van der Waals surface area (Å²) in [7, 11) is -3.86. The summed E-state index contributed by atoms with van der Waals surface area (Å²) in [6, 6.07) is -3.36. The van der Waals surface area contributed by atoms with Gasteiger partial charge >= 0.3 is 45.8 Å². The quantitative estimate of drug-likeness (QED) is 0.101. The molecule has 0 aromatic carbocycles. The van der Waals surface area contributed by atoms with Crippen molar-refractivity contribution in [3.63, 3.8) is 0 Å². The Hall–Kier alpha value is -1.78. The van der Waals surface area contributed by atoms with E-state index in [4.69, 9.17) is 10.3 Å². The Morgan fingerprint density at radius 3 is 2.61 bits per heavy atom. The van der Waals surface area contributed by atoms with Crippen LogP contribution in [0, 0.1) is 0 Å². The molecule has 0 bridgehead atoms. The van der Waals surface area contributed by atoms with Crippen LogP contribution in [0.25, 0.3) is 0 Å². The molecule has 28 heavy (non-hydrogen) atoms. The minimum absolute atomic E-state index is 0. The van der Waals surface area contributed by atoms with Gasteiger partial charge in [0.25, 0.3) is 11.8 Å². The Morgan fingerprint density at radius 2 is 2.14 bits per heavy atom. The first-order valence-corrected chi connectivity index (χ1v) is 9.50. The number of nitrogens with zero attached hydrogens (tertiary/aromatic N) is 3. The molecule has 1 aromatic rings. The van der Waals surface area contributed by atoms with Gasteiger partial charge in [-0.25, -0.2) is 9.78 Å². The Morgan fingerprint density at radius 1 is 1.50 bits per heavy atom. The number of amides is 2. The van der Waals surface area contributed by atoms with Crippen LogP contribution in [0.5, 0.6) is 0 Å². The molecule has 1 aromatic heterocycles. The van der Waals surface area contributed by atoms with E-state index >= 15 is 0 Å². The Kier molecular flexibility index (Phi) is 8.33. The second-order valence-corrected chi connectivity index (χ2v) is 7.13. The number of hydrogen-bond acceptors (Lipinski definition) is 11. The molecule has 2 atom stereocenters. The Labute approximate surface area is 185 Å². The number of aromatic nitrogens is 1. The number of rotatable bonds is 7. The molecule has 0 spiro atoms. The van der Waals surface area contributed by atoms with E-state index < -0.39 is 40.2 Å². The normalized spacial score (nSPS) is 19.3. The van der Waals surface area contributed by atoms with Crippen molar-refractivity contribution in [1.29, 1.82) is 0 Å². The van der Waals surface area contributed by atoms with Crippen molar-refractivity contribution in [1.82, 2.24) is 14.6 Å². The fraction of sp³-hybridized carbons (Fsp3) is 0.417. The van der Waals surface area contributed by atoms with Gasteiger partial charge in [0.2, 0.25) is 0 Å². The molecule has 2 unspecified atom stereocenters. The van der Waals surface area contributed by atoms with Crippen molar-refractivity contribution in [3.05, 3.63) is 11.1 Å². The van der Waals surface area contributed by atoms with Crippen LogP contribution in [0.4, 0.5) is 5.13 Å². The van der Waals surface area contributed by atoms with Crippen molar-refractivity contribution in [3.8, 4) is 0 Å². The zero-order valence-corrected chi connectivity index (χ0v) is 15.6. The predicted octanol–water partition coefficient (Wildman–Crippen LogP) is -2.51. The van der Waals surface area contributed by atoms with E-state index in [9.17, 15) is 22.8 Å². The van der Waals surface area contributed by atoms with E-state index in [-0.39, 0.29) is 57.0 Å². The van der Waals surface area contributed by atoms with Crippen LogP contribution in [0.3, 0.4) is 0 Å². The van der Waals surface area contributed by atoms with Gasteiger partial charge in [0.15, 0.2) is 16.9 Å². The number of nitrogens with one attached hydrogen (secondary N) is 1. The zero-order valence-electron chi connectivity index (χ0n) is 14.0. The van der Waals surface area contributed by atoms with E-state index in [2.05, 4.69) is 25.0 Å². The number of thiazole rings is 1. The van der Waals surface area contributed by atoms with Gasteiger partial charge in [-0.15, -0.1) is 11.3 Å². The molecule has 16 heteroatoms. The summed E-state index contributed by atoms with van der Waals surface area (Å²) >= 11 is 1.02. The topological polar surface area (TPSA) is 191 Å². The first-order chi connectivity index (χ1) is 12.6. The number of β-lactam (4-membered cyclic amide) rings is 1. The van der Waals surface area contributed by atoms with Crippen molar-refractivity contribution in [2.24, 2.45) is 5.16 Å². The van der Waals surface area contributed by atoms with Crippen molar-refractivity contribution in [2.45, 2.75) is 19.0 Å². The van der Waals surface area contributed by atoms with Crippen molar-refractivity contribution < 1.29 is 36.9 Å². The average molecular weight is 445 g/mol. The summed E-state index contributed by atoms with van der Waals surface area (Å²) in [6.45, 7) is 1.34. The summed E-state index contributed by atoms with van der Waals surface area (Å²) in [5.74, 6) is -3.33. The number of hydrogen-bond donors (Lipinski definition) is 3. The minimum atomic E-state index is -5.03. The molecule has 1 aliphatic rings. The fourth-order valence-electron chi connectivity index (χ4n) is 2.22. The van der Waals surface area contributed by atoms with Gasteiger partial charge in [-0.05, 0) is 6.92 Å². The molecule has 4 N–H and O–H groups in total. The molecular formula is C12H16N5NaO8S2. The van der Waals surface area contributed by atoms with Crippen LogP contribution in [0.1, 0.15) is 12.6 Å². The summed E-state index contributed by atoms with van der Waals surface area (Å²) in [6.07, 6.45) is 0.